The van der Waals surface area contributed by atoms with E-state index in [0.717, 1.165) is 22.2 Å². The molecule has 24 heavy (non-hydrogen) atoms. The van der Waals surface area contributed by atoms with E-state index in [9.17, 15) is 4.79 Å². The van der Waals surface area contributed by atoms with E-state index in [2.05, 4.69) is 4.98 Å². The summed E-state index contributed by atoms with van der Waals surface area (Å²) in [4.78, 5) is 16.0. The average molecular weight is 344 g/mol. The third kappa shape index (κ3) is 3.30. The van der Waals surface area contributed by atoms with Crippen LogP contribution in [0, 0.1) is 0 Å². The zero-order valence-corrected chi connectivity index (χ0v) is 14.1. The van der Waals surface area contributed by atoms with Crippen LogP contribution in [0.3, 0.4) is 0 Å². The van der Waals surface area contributed by atoms with Crippen molar-refractivity contribution < 1.29 is 18.7 Å². The van der Waals surface area contributed by atoms with Crippen LogP contribution in [0.1, 0.15) is 16.1 Å². The Hall–Kier alpha value is -2.67. The lowest BCUT2D eigenvalue weighted by Crippen LogP contribution is -2.02. The zero-order chi connectivity index (χ0) is 16.9. The highest BCUT2D eigenvalue weighted by Gasteiger charge is 2.17. The van der Waals surface area contributed by atoms with Crippen LogP contribution in [0.15, 0.2) is 58.6 Å². The van der Waals surface area contributed by atoms with Gasteiger partial charge in [0.05, 0.1) is 20.5 Å². The first kappa shape index (κ1) is 16.2. The van der Waals surface area contributed by atoms with Crippen molar-refractivity contribution in [2.45, 2.75) is 10.9 Å². The van der Waals surface area contributed by atoms with Crippen LogP contribution in [0.4, 0.5) is 0 Å². The molecule has 1 aromatic carbocycles. The predicted octanol–water partition coefficient (Wildman–Crippen LogP) is 3.55. The van der Waals surface area contributed by atoms with Gasteiger partial charge in [-0.05, 0) is 30.3 Å². The van der Waals surface area contributed by atoms with E-state index in [4.69, 9.17) is 13.9 Å². The molecular formula is C17H16N2O4S. The van der Waals surface area contributed by atoms with E-state index in [-0.39, 0.29) is 5.76 Å². The lowest BCUT2D eigenvalue weighted by atomic mass is 10.3. The number of furan rings is 1. The third-order valence-electron chi connectivity index (χ3n) is 3.43. The van der Waals surface area contributed by atoms with Crippen molar-refractivity contribution in [2.75, 3.05) is 14.2 Å². The van der Waals surface area contributed by atoms with Crippen LogP contribution >= 0.6 is 11.8 Å². The summed E-state index contributed by atoms with van der Waals surface area (Å²) in [6, 6.07) is 9.48. The summed E-state index contributed by atoms with van der Waals surface area (Å²) in [5.74, 6) is 1.10. The van der Waals surface area contributed by atoms with Gasteiger partial charge in [0.2, 0.25) is 5.76 Å². The number of ether oxygens (including phenoxy) is 2. The van der Waals surface area contributed by atoms with Crippen molar-refractivity contribution in [3.63, 3.8) is 0 Å². The quantitative estimate of drug-likeness (QED) is 0.503. The van der Waals surface area contributed by atoms with E-state index in [1.54, 1.807) is 19.4 Å². The van der Waals surface area contributed by atoms with Crippen molar-refractivity contribution in [3.8, 4) is 11.4 Å². The lowest BCUT2D eigenvalue weighted by molar-refractivity contribution is 0.0564. The molecular weight excluding hydrogens is 328 g/mol. The van der Waals surface area contributed by atoms with E-state index >= 15 is 0 Å². The van der Waals surface area contributed by atoms with E-state index in [1.807, 2.05) is 35.0 Å². The van der Waals surface area contributed by atoms with Crippen LogP contribution < -0.4 is 4.74 Å². The largest absolute Gasteiger partial charge is 0.497 e. The topological polar surface area (TPSA) is 66.5 Å². The SMILES string of the molecule is COC(=O)c1occc1CSc1nccn1-c1ccc(OC)cc1. The molecule has 0 spiro atoms. The molecule has 6 nitrogen and oxygen atoms in total. The molecule has 0 radical (unpaired) electrons. The highest BCUT2D eigenvalue weighted by atomic mass is 32.2. The Bertz CT molecular complexity index is 823. The maximum Gasteiger partial charge on any atom is 0.374 e. The normalized spacial score (nSPS) is 10.6. The second-order valence-corrected chi connectivity index (χ2v) is 5.78. The van der Waals surface area contributed by atoms with Crippen molar-refractivity contribution in [3.05, 3.63) is 60.3 Å². The smallest absolute Gasteiger partial charge is 0.374 e. The molecule has 0 aliphatic heterocycles. The minimum absolute atomic E-state index is 0.229. The summed E-state index contributed by atoms with van der Waals surface area (Å²) in [5, 5.41) is 0.817. The number of hydrogen-bond acceptors (Lipinski definition) is 6. The van der Waals surface area contributed by atoms with Crippen LogP contribution in [0.5, 0.6) is 5.75 Å². The number of methoxy groups -OCH3 is 2. The number of nitrogens with zero attached hydrogens (tertiary/aromatic N) is 2. The summed E-state index contributed by atoms with van der Waals surface area (Å²) in [6.07, 6.45) is 5.11. The molecule has 0 N–H and O–H groups in total. The summed E-state index contributed by atoms with van der Waals surface area (Å²) >= 11 is 1.51. The molecule has 2 aromatic heterocycles. The van der Waals surface area contributed by atoms with Crippen molar-refractivity contribution >= 4 is 17.7 Å². The molecule has 0 unspecified atom stereocenters. The van der Waals surface area contributed by atoms with Gasteiger partial charge in [-0.2, -0.15) is 0 Å². The van der Waals surface area contributed by atoms with Crippen LogP contribution in [0.25, 0.3) is 5.69 Å². The van der Waals surface area contributed by atoms with Gasteiger partial charge in [-0.25, -0.2) is 9.78 Å². The fraction of sp³-hybridized carbons (Fsp3) is 0.176. The molecule has 0 bridgehead atoms. The number of imidazole rings is 1. The Balaban J connectivity index is 1.76. The van der Waals surface area contributed by atoms with E-state index in [1.165, 1.54) is 25.1 Å². The van der Waals surface area contributed by atoms with E-state index in [0.29, 0.717) is 5.75 Å². The number of benzene rings is 1. The Morgan fingerprint density at radius 2 is 2.04 bits per heavy atom. The summed E-state index contributed by atoms with van der Waals surface area (Å²) in [7, 11) is 2.97. The molecule has 0 fully saturated rings. The van der Waals surface area contributed by atoms with Crippen LogP contribution in [-0.2, 0) is 10.5 Å². The number of aromatic nitrogens is 2. The molecule has 0 aliphatic carbocycles. The molecule has 0 atom stereocenters. The number of hydrogen-bond donors (Lipinski definition) is 0. The summed E-state index contributed by atoms with van der Waals surface area (Å²) in [5.41, 5.74) is 1.76. The lowest BCUT2D eigenvalue weighted by Gasteiger charge is -2.08. The average Bonchev–Trinajstić information content (AvgIpc) is 3.28. The molecule has 3 rings (SSSR count). The number of carbonyl (C=O) groups excluding carboxylic acids is 1. The van der Waals surface area contributed by atoms with Gasteiger partial charge in [-0.3, -0.25) is 4.57 Å². The van der Waals surface area contributed by atoms with Gasteiger partial charge in [0, 0.05) is 29.4 Å². The minimum Gasteiger partial charge on any atom is -0.497 e. The fourth-order valence-corrected chi connectivity index (χ4v) is 3.15. The first-order valence-electron chi connectivity index (χ1n) is 7.18. The Kier molecular flexibility index (Phi) is 4.90. The molecule has 0 saturated carbocycles. The van der Waals surface area contributed by atoms with Crippen molar-refractivity contribution in [1.82, 2.24) is 9.55 Å². The first-order chi connectivity index (χ1) is 11.7. The number of carbonyl (C=O) groups is 1. The second kappa shape index (κ2) is 7.27. The zero-order valence-electron chi connectivity index (χ0n) is 13.3. The standard InChI is InChI=1S/C17H16N2O4S/c1-21-14-5-3-13(4-6-14)19-9-8-18-17(19)24-11-12-7-10-23-15(12)16(20)22-2/h3-10H,11H2,1-2H3. The maximum absolute atomic E-state index is 11.6. The maximum atomic E-state index is 11.6. The van der Waals surface area contributed by atoms with Gasteiger partial charge >= 0.3 is 5.97 Å². The highest BCUT2D eigenvalue weighted by molar-refractivity contribution is 7.98. The Morgan fingerprint density at radius 3 is 2.75 bits per heavy atom. The summed E-state index contributed by atoms with van der Waals surface area (Å²) < 4.78 is 17.1. The van der Waals surface area contributed by atoms with Gasteiger partial charge < -0.3 is 13.9 Å². The van der Waals surface area contributed by atoms with Gasteiger partial charge in [0.15, 0.2) is 5.16 Å². The van der Waals surface area contributed by atoms with Gasteiger partial charge in [0.1, 0.15) is 5.75 Å². The highest BCUT2D eigenvalue weighted by Crippen LogP contribution is 2.27. The van der Waals surface area contributed by atoms with Gasteiger partial charge in [-0.1, -0.05) is 11.8 Å². The van der Waals surface area contributed by atoms with E-state index < -0.39 is 5.97 Å². The molecule has 7 heteroatoms. The second-order valence-electron chi connectivity index (χ2n) is 4.83. The monoisotopic (exact) mass is 344 g/mol. The van der Waals surface area contributed by atoms with Crippen LogP contribution in [0.2, 0.25) is 0 Å². The number of esters is 1. The number of thioether (sulfide) groups is 1. The first-order valence-corrected chi connectivity index (χ1v) is 8.16. The van der Waals surface area contributed by atoms with Gasteiger partial charge in [0.25, 0.3) is 0 Å². The van der Waals surface area contributed by atoms with Crippen molar-refractivity contribution in [2.24, 2.45) is 0 Å². The van der Waals surface area contributed by atoms with Crippen molar-refractivity contribution in [1.29, 1.82) is 0 Å². The molecule has 3 aromatic rings. The fourth-order valence-electron chi connectivity index (χ4n) is 2.20. The van der Waals surface area contributed by atoms with Gasteiger partial charge in [-0.15, -0.1) is 0 Å². The third-order valence-corrected chi connectivity index (χ3v) is 4.45. The molecule has 0 saturated heterocycles. The predicted molar refractivity (Wildman–Crippen MR) is 89.7 cm³/mol. The Labute approximate surface area is 143 Å². The molecule has 0 amide bonds. The summed E-state index contributed by atoms with van der Waals surface area (Å²) in [6.45, 7) is 0. The Morgan fingerprint density at radius 1 is 1.25 bits per heavy atom. The minimum atomic E-state index is -0.478. The van der Waals surface area contributed by atoms with Crippen LogP contribution in [-0.4, -0.2) is 29.7 Å². The number of rotatable bonds is 6. The molecule has 0 aliphatic rings. The molecule has 2 heterocycles. The molecule has 124 valence electrons.